The minimum absolute atomic E-state index is 0.429. The number of alkyl halides is 3. The number of halogens is 4. The van der Waals surface area contributed by atoms with E-state index in [1.807, 2.05) is 6.92 Å². The third-order valence-corrected chi connectivity index (χ3v) is 2.93. The first-order valence-corrected chi connectivity index (χ1v) is 6.48. The summed E-state index contributed by atoms with van der Waals surface area (Å²) in [6.07, 6.45) is -4.33. The Morgan fingerprint density at radius 3 is 2.68 bits per heavy atom. The minimum atomic E-state index is -4.33. The molecule has 0 heterocycles. The van der Waals surface area contributed by atoms with Gasteiger partial charge < -0.3 is 14.8 Å². The summed E-state index contributed by atoms with van der Waals surface area (Å²) in [4.78, 5) is 0. The number of ether oxygens (including phenoxy) is 2. The summed E-state index contributed by atoms with van der Waals surface area (Å²) < 4.78 is 45.9. The fourth-order valence-electron chi connectivity index (χ4n) is 1.30. The van der Waals surface area contributed by atoms with Crippen LogP contribution in [0.2, 0.25) is 0 Å². The highest BCUT2D eigenvalue weighted by Crippen LogP contribution is 2.23. The van der Waals surface area contributed by atoms with Crippen molar-refractivity contribution in [2.75, 3.05) is 19.9 Å². The first-order chi connectivity index (χ1) is 8.92. The summed E-state index contributed by atoms with van der Waals surface area (Å²) in [6.45, 7) is 1.72. The third kappa shape index (κ3) is 6.79. The molecule has 0 fully saturated rings. The minimum Gasteiger partial charge on any atom is -0.468 e. The number of hydrogen-bond acceptors (Lipinski definition) is 3. The Hall–Kier alpha value is -0.790. The first kappa shape index (κ1) is 16.3. The van der Waals surface area contributed by atoms with Gasteiger partial charge in [-0.25, -0.2) is 0 Å². The van der Waals surface area contributed by atoms with Crippen molar-refractivity contribution in [2.45, 2.75) is 19.6 Å². The van der Waals surface area contributed by atoms with Gasteiger partial charge in [-0.15, -0.1) is 0 Å². The molecule has 0 unspecified atom stereocenters. The second-order valence-electron chi connectivity index (χ2n) is 3.76. The molecule has 0 aliphatic heterocycles. The van der Waals surface area contributed by atoms with E-state index in [9.17, 15) is 13.2 Å². The third-order valence-electron chi connectivity index (χ3n) is 2.16. The van der Waals surface area contributed by atoms with Crippen molar-refractivity contribution in [1.29, 1.82) is 0 Å². The molecule has 1 aromatic carbocycles. The second kappa shape index (κ2) is 7.72. The predicted molar refractivity (Wildman–Crippen MR) is 69.0 cm³/mol. The van der Waals surface area contributed by atoms with Gasteiger partial charge in [0, 0.05) is 11.0 Å². The van der Waals surface area contributed by atoms with Gasteiger partial charge in [0.15, 0.2) is 6.79 Å². The van der Waals surface area contributed by atoms with Gasteiger partial charge in [0.2, 0.25) is 0 Å². The van der Waals surface area contributed by atoms with Crippen molar-refractivity contribution in [3.05, 3.63) is 28.2 Å². The maximum absolute atomic E-state index is 11.8. The molecule has 0 bridgehead atoms. The van der Waals surface area contributed by atoms with Crippen LogP contribution in [0, 0.1) is 0 Å². The van der Waals surface area contributed by atoms with Gasteiger partial charge in [-0.2, -0.15) is 13.2 Å². The van der Waals surface area contributed by atoms with Crippen LogP contribution < -0.4 is 10.1 Å². The molecular weight excluding hydrogens is 327 g/mol. The molecule has 0 amide bonds. The topological polar surface area (TPSA) is 30.5 Å². The van der Waals surface area contributed by atoms with Crippen molar-refractivity contribution in [2.24, 2.45) is 0 Å². The lowest BCUT2D eigenvalue weighted by Crippen LogP contribution is -2.19. The molecule has 1 aromatic rings. The molecule has 19 heavy (non-hydrogen) atoms. The summed E-state index contributed by atoms with van der Waals surface area (Å²) in [5.74, 6) is 0.471. The van der Waals surface area contributed by atoms with Crippen molar-refractivity contribution in [1.82, 2.24) is 5.32 Å². The standard InChI is InChI=1S/C12H15BrF3NO2/c1-2-17-6-9-5-10(3-4-11(9)13)19-8-18-7-12(14,15)16/h3-5,17H,2,6-8H2,1H3. The lowest BCUT2D eigenvalue weighted by molar-refractivity contribution is -0.186. The molecule has 0 radical (unpaired) electrons. The van der Waals surface area contributed by atoms with Gasteiger partial charge in [0.05, 0.1) is 0 Å². The Bertz CT molecular complexity index is 399. The van der Waals surface area contributed by atoms with Gasteiger partial charge in [-0.05, 0) is 30.3 Å². The largest absolute Gasteiger partial charge is 0.468 e. The Kier molecular flexibility index (Phi) is 6.60. The molecule has 0 aliphatic rings. The van der Waals surface area contributed by atoms with Gasteiger partial charge >= 0.3 is 6.18 Å². The number of rotatable bonds is 7. The highest BCUT2D eigenvalue weighted by Gasteiger charge is 2.27. The van der Waals surface area contributed by atoms with E-state index < -0.39 is 19.6 Å². The lowest BCUT2D eigenvalue weighted by atomic mass is 10.2. The molecule has 0 atom stereocenters. The Labute approximate surface area is 118 Å². The van der Waals surface area contributed by atoms with Crippen LogP contribution in [0.1, 0.15) is 12.5 Å². The van der Waals surface area contributed by atoms with Crippen molar-refractivity contribution < 1.29 is 22.6 Å². The van der Waals surface area contributed by atoms with E-state index in [4.69, 9.17) is 4.74 Å². The van der Waals surface area contributed by atoms with E-state index in [-0.39, 0.29) is 0 Å². The van der Waals surface area contributed by atoms with Crippen LogP contribution in [0.15, 0.2) is 22.7 Å². The molecule has 0 saturated carbocycles. The maximum Gasteiger partial charge on any atom is 0.411 e. The molecule has 108 valence electrons. The van der Waals surface area contributed by atoms with Crippen LogP contribution in [-0.4, -0.2) is 26.1 Å². The molecule has 7 heteroatoms. The first-order valence-electron chi connectivity index (χ1n) is 5.69. The van der Waals surface area contributed by atoms with E-state index >= 15 is 0 Å². The molecule has 1 rings (SSSR count). The number of nitrogens with one attached hydrogen (secondary N) is 1. The highest BCUT2D eigenvalue weighted by atomic mass is 79.9. The summed E-state index contributed by atoms with van der Waals surface area (Å²) in [6, 6.07) is 5.20. The molecule has 3 nitrogen and oxygen atoms in total. The van der Waals surface area contributed by atoms with E-state index in [1.165, 1.54) is 0 Å². The smallest absolute Gasteiger partial charge is 0.411 e. The Balaban J connectivity index is 2.45. The van der Waals surface area contributed by atoms with Crippen molar-refractivity contribution in [3.63, 3.8) is 0 Å². The zero-order valence-corrected chi connectivity index (χ0v) is 12.0. The molecule has 0 spiro atoms. The van der Waals surface area contributed by atoms with E-state index in [0.29, 0.717) is 12.3 Å². The fourth-order valence-corrected chi connectivity index (χ4v) is 1.69. The SMILES string of the molecule is CCNCc1cc(OCOCC(F)(F)F)ccc1Br. The molecular formula is C12H15BrF3NO2. The van der Waals surface area contributed by atoms with Crippen LogP contribution in [-0.2, 0) is 11.3 Å². The monoisotopic (exact) mass is 341 g/mol. The molecule has 0 saturated heterocycles. The average Bonchev–Trinajstić information content (AvgIpc) is 2.33. The zero-order chi connectivity index (χ0) is 14.3. The van der Waals surface area contributed by atoms with E-state index in [0.717, 1.165) is 16.6 Å². The van der Waals surface area contributed by atoms with E-state index in [2.05, 4.69) is 26.0 Å². The lowest BCUT2D eigenvalue weighted by Gasteiger charge is -2.11. The van der Waals surface area contributed by atoms with Crippen LogP contribution >= 0.6 is 15.9 Å². The van der Waals surface area contributed by atoms with Gasteiger partial charge in [-0.1, -0.05) is 22.9 Å². The predicted octanol–water partition coefficient (Wildman–Crippen LogP) is 3.47. The fraction of sp³-hybridized carbons (Fsp3) is 0.500. The average molecular weight is 342 g/mol. The highest BCUT2D eigenvalue weighted by molar-refractivity contribution is 9.10. The van der Waals surface area contributed by atoms with Crippen LogP contribution in [0.25, 0.3) is 0 Å². The van der Waals surface area contributed by atoms with Crippen LogP contribution in [0.5, 0.6) is 5.75 Å². The molecule has 0 aliphatic carbocycles. The summed E-state index contributed by atoms with van der Waals surface area (Å²) >= 11 is 3.39. The maximum atomic E-state index is 11.8. The molecule has 0 aromatic heterocycles. The number of benzene rings is 1. The van der Waals surface area contributed by atoms with Crippen LogP contribution in [0.4, 0.5) is 13.2 Å². The zero-order valence-electron chi connectivity index (χ0n) is 10.4. The second-order valence-corrected chi connectivity index (χ2v) is 4.61. The van der Waals surface area contributed by atoms with E-state index in [1.54, 1.807) is 18.2 Å². The summed E-state index contributed by atoms with van der Waals surface area (Å²) in [7, 11) is 0. The number of hydrogen-bond donors (Lipinski definition) is 1. The summed E-state index contributed by atoms with van der Waals surface area (Å²) in [5, 5.41) is 3.15. The summed E-state index contributed by atoms with van der Waals surface area (Å²) in [5.41, 5.74) is 0.968. The van der Waals surface area contributed by atoms with Crippen molar-refractivity contribution in [3.8, 4) is 5.75 Å². The Morgan fingerprint density at radius 2 is 2.05 bits per heavy atom. The van der Waals surface area contributed by atoms with Crippen LogP contribution in [0.3, 0.4) is 0 Å². The van der Waals surface area contributed by atoms with Gasteiger partial charge in [-0.3, -0.25) is 0 Å². The van der Waals surface area contributed by atoms with Gasteiger partial charge in [0.1, 0.15) is 12.4 Å². The quantitative estimate of drug-likeness (QED) is 0.608. The normalized spacial score (nSPS) is 11.6. The molecule has 1 N–H and O–H groups in total. The van der Waals surface area contributed by atoms with Crippen molar-refractivity contribution >= 4 is 15.9 Å². The Morgan fingerprint density at radius 1 is 1.32 bits per heavy atom. The van der Waals surface area contributed by atoms with Gasteiger partial charge in [0.25, 0.3) is 0 Å².